The second-order valence-corrected chi connectivity index (χ2v) is 4.64. The molecule has 22 heavy (non-hydrogen) atoms. The molecule has 0 unspecified atom stereocenters. The molecule has 0 saturated heterocycles. The third kappa shape index (κ3) is 2.44. The van der Waals surface area contributed by atoms with Crippen LogP contribution in [0.3, 0.4) is 0 Å². The van der Waals surface area contributed by atoms with E-state index in [0.717, 1.165) is 0 Å². The number of hydrogen-bond donors (Lipinski definition) is 0. The van der Waals surface area contributed by atoms with Crippen LogP contribution in [0.2, 0.25) is 0 Å². The maximum Gasteiger partial charge on any atom is 0.423 e. The summed E-state index contributed by atoms with van der Waals surface area (Å²) in [5.41, 5.74) is 0.989. The highest BCUT2D eigenvalue weighted by Gasteiger charge is 2.15. The molecule has 1 aromatic heterocycles. The van der Waals surface area contributed by atoms with E-state index < -0.39 is 6.09 Å². The molecule has 5 heteroatoms. The normalized spacial score (nSPS) is 10.4. The van der Waals surface area contributed by atoms with Crippen molar-refractivity contribution in [2.75, 3.05) is 7.11 Å². The van der Waals surface area contributed by atoms with Gasteiger partial charge >= 0.3 is 6.09 Å². The number of aldehydes is 1. The minimum absolute atomic E-state index is 0.402. The molecule has 5 nitrogen and oxygen atoms in total. The predicted octanol–water partition coefficient (Wildman–Crippen LogP) is 3.51. The quantitative estimate of drug-likeness (QED) is 0.694. The zero-order valence-electron chi connectivity index (χ0n) is 11.9. The Morgan fingerprint density at radius 3 is 2.55 bits per heavy atom. The van der Waals surface area contributed by atoms with E-state index in [1.807, 2.05) is 6.07 Å². The summed E-state index contributed by atoms with van der Waals surface area (Å²) in [5.74, 6) is 1.06. The lowest BCUT2D eigenvalue weighted by Gasteiger charge is -2.06. The van der Waals surface area contributed by atoms with Crippen LogP contribution in [-0.2, 0) is 0 Å². The molecule has 0 bridgehead atoms. The van der Waals surface area contributed by atoms with E-state index in [4.69, 9.17) is 9.47 Å². The zero-order valence-corrected chi connectivity index (χ0v) is 11.9. The molecular weight excluding hydrogens is 282 g/mol. The van der Waals surface area contributed by atoms with E-state index in [1.54, 1.807) is 49.6 Å². The number of ether oxygens (including phenoxy) is 2. The minimum atomic E-state index is -0.575. The van der Waals surface area contributed by atoms with E-state index in [0.29, 0.717) is 34.3 Å². The number of aromatic nitrogens is 1. The molecule has 110 valence electrons. The van der Waals surface area contributed by atoms with Crippen LogP contribution in [0.1, 0.15) is 10.4 Å². The topological polar surface area (TPSA) is 57.5 Å². The molecule has 3 aromatic rings. The van der Waals surface area contributed by atoms with Crippen molar-refractivity contribution < 1.29 is 19.1 Å². The number of hydrogen-bond acceptors (Lipinski definition) is 4. The Bertz CT molecular complexity index is 836. The number of carbonyl (C=O) groups is 2. The number of carbonyl (C=O) groups excluding carboxylic acids is 2. The number of nitrogens with zero attached hydrogens (tertiary/aromatic N) is 1. The second-order valence-electron chi connectivity index (χ2n) is 4.64. The Labute approximate surface area is 126 Å². The summed E-state index contributed by atoms with van der Waals surface area (Å²) in [6, 6.07) is 13.9. The molecule has 0 aliphatic carbocycles. The van der Waals surface area contributed by atoms with Gasteiger partial charge in [0.1, 0.15) is 11.5 Å². The Kier molecular flexibility index (Phi) is 3.62. The smallest absolute Gasteiger partial charge is 0.423 e. The van der Waals surface area contributed by atoms with Crippen molar-refractivity contribution in [3.8, 4) is 11.5 Å². The third-order valence-corrected chi connectivity index (χ3v) is 3.31. The van der Waals surface area contributed by atoms with Gasteiger partial charge in [-0.25, -0.2) is 4.79 Å². The van der Waals surface area contributed by atoms with Gasteiger partial charge in [-0.3, -0.25) is 9.36 Å². The highest BCUT2D eigenvalue weighted by molar-refractivity contribution is 6.02. The van der Waals surface area contributed by atoms with Crippen LogP contribution >= 0.6 is 0 Å². The monoisotopic (exact) mass is 295 g/mol. The molecule has 1 heterocycles. The first kappa shape index (κ1) is 13.9. The zero-order chi connectivity index (χ0) is 15.5. The summed E-state index contributed by atoms with van der Waals surface area (Å²) >= 11 is 0. The van der Waals surface area contributed by atoms with Crippen molar-refractivity contribution in [3.05, 3.63) is 60.3 Å². The van der Waals surface area contributed by atoms with Gasteiger partial charge in [-0.1, -0.05) is 18.2 Å². The molecule has 0 spiro atoms. The molecular formula is C17H13NO4. The number of rotatable bonds is 3. The van der Waals surface area contributed by atoms with E-state index in [-0.39, 0.29) is 0 Å². The molecule has 0 saturated carbocycles. The lowest BCUT2D eigenvalue weighted by Crippen LogP contribution is -2.15. The first-order chi connectivity index (χ1) is 10.7. The van der Waals surface area contributed by atoms with Crippen LogP contribution in [0.25, 0.3) is 10.9 Å². The van der Waals surface area contributed by atoms with Crippen molar-refractivity contribution in [3.63, 3.8) is 0 Å². The van der Waals surface area contributed by atoms with Crippen molar-refractivity contribution in [1.29, 1.82) is 0 Å². The number of fused-ring (bicyclic) bond motifs is 1. The van der Waals surface area contributed by atoms with Crippen LogP contribution in [0.4, 0.5) is 4.79 Å². The van der Waals surface area contributed by atoms with E-state index in [9.17, 15) is 9.59 Å². The molecule has 0 aliphatic heterocycles. The summed E-state index contributed by atoms with van der Waals surface area (Å²) in [6.07, 6.45) is 1.59. The van der Waals surface area contributed by atoms with E-state index in [1.165, 1.54) is 10.8 Å². The van der Waals surface area contributed by atoms with Crippen molar-refractivity contribution in [2.24, 2.45) is 0 Å². The van der Waals surface area contributed by atoms with Crippen LogP contribution < -0.4 is 9.47 Å². The standard InChI is InChI=1S/C17H13NO4/c1-21-14-7-8-16-15(9-14)12(11-19)10-18(16)17(20)22-13-5-3-2-4-6-13/h2-11H,1H3. The summed E-state index contributed by atoms with van der Waals surface area (Å²) in [6.45, 7) is 0. The number of methoxy groups -OCH3 is 1. The molecule has 0 aliphatic rings. The lowest BCUT2D eigenvalue weighted by molar-refractivity contribution is 0.112. The third-order valence-electron chi connectivity index (χ3n) is 3.31. The van der Waals surface area contributed by atoms with Gasteiger partial charge < -0.3 is 9.47 Å². The molecule has 0 fully saturated rings. The first-order valence-electron chi connectivity index (χ1n) is 6.64. The Balaban J connectivity index is 2.03. The first-order valence-corrected chi connectivity index (χ1v) is 6.64. The van der Waals surface area contributed by atoms with Crippen LogP contribution in [0.15, 0.2) is 54.7 Å². The second kappa shape index (κ2) is 5.73. The largest absolute Gasteiger partial charge is 0.497 e. The fourth-order valence-electron chi connectivity index (χ4n) is 2.25. The van der Waals surface area contributed by atoms with E-state index >= 15 is 0 Å². The van der Waals surface area contributed by atoms with Gasteiger partial charge in [-0.05, 0) is 30.3 Å². The minimum Gasteiger partial charge on any atom is -0.497 e. The van der Waals surface area contributed by atoms with Gasteiger partial charge in [0.15, 0.2) is 6.29 Å². The number of para-hydroxylation sites is 1. The van der Waals surface area contributed by atoms with Crippen molar-refractivity contribution in [2.45, 2.75) is 0 Å². The molecule has 0 N–H and O–H groups in total. The highest BCUT2D eigenvalue weighted by Crippen LogP contribution is 2.25. The average Bonchev–Trinajstić information content (AvgIpc) is 2.93. The average molecular weight is 295 g/mol. The molecule has 0 atom stereocenters. The van der Waals surface area contributed by atoms with Crippen LogP contribution in [-0.4, -0.2) is 24.1 Å². The maximum absolute atomic E-state index is 12.3. The van der Waals surface area contributed by atoms with Crippen molar-refractivity contribution in [1.82, 2.24) is 4.57 Å². The SMILES string of the molecule is COc1ccc2c(c1)c(C=O)cn2C(=O)Oc1ccccc1. The highest BCUT2D eigenvalue weighted by atomic mass is 16.6. The number of benzene rings is 2. The lowest BCUT2D eigenvalue weighted by atomic mass is 10.2. The molecule has 2 aromatic carbocycles. The summed E-state index contributed by atoms with van der Waals surface area (Å²) in [4.78, 5) is 23.5. The summed E-state index contributed by atoms with van der Waals surface area (Å²) in [5, 5.41) is 0.638. The molecule has 0 radical (unpaired) electrons. The van der Waals surface area contributed by atoms with Gasteiger partial charge in [-0.2, -0.15) is 0 Å². The Hall–Kier alpha value is -3.08. The van der Waals surface area contributed by atoms with Crippen LogP contribution in [0.5, 0.6) is 11.5 Å². The van der Waals surface area contributed by atoms with Crippen molar-refractivity contribution >= 4 is 23.3 Å². The summed E-state index contributed by atoms with van der Waals surface area (Å²) < 4.78 is 11.8. The Morgan fingerprint density at radius 2 is 1.86 bits per heavy atom. The van der Waals surface area contributed by atoms with Gasteiger partial charge in [0.25, 0.3) is 0 Å². The molecule has 0 amide bonds. The van der Waals surface area contributed by atoms with Gasteiger partial charge in [0, 0.05) is 17.1 Å². The maximum atomic E-state index is 12.3. The van der Waals surface area contributed by atoms with Crippen LogP contribution in [0, 0.1) is 0 Å². The van der Waals surface area contributed by atoms with Gasteiger partial charge in [-0.15, -0.1) is 0 Å². The molecule has 3 rings (SSSR count). The summed E-state index contributed by atoms with van der Waals surface area (Å²) in [7, 11) is 1.54. The van der Waals surface area contributed by atoms with E-state index in [2.05, 4.69) is 0 Å². The van der Waals surface area contributed by atoms with Gasteiger partial charge in [0.05, 0.1) is 12.6 Å². The fourth-order valence-corrected chi connectivity index (χ4v) is 2.25. The Morgan fingerprint density at radius 1 is 1.09 bits per heavy atom. The predicted molar refractivity (Wildman–Crippen MR) is 81.7 cm³/mol. The fraction of sp³-hybridized carbons (Fsp3) is 0.0588. The van der Waals surface area contributed by atoms with Gasteiger partial charge in [0.2, 0.25) is 0 Å².